The molecule has 2 rings (SSSR count). The summed E-state index contributed by atoms with van der Waals surface area (Å²) in [5.74, 6) is -0.651. The molecule has 0 radical (unpaired) electrons. The quantitative estimate of drug-likeness (QED) is 0.567. The average molecular weight is 290 g/mol. The molecule has 0 unspecified atom stereocenters. The Bertz CT molecular complexity index is 817. The van der Waals surface area contributed by atoms with Crippen molar-refractivity contribution in [2.45, 2.75) is 6.42 Å². The first-order valence-corrected chi connectivity index (χ1v) is 6.02. The summed E-state index contributed by atoms with van der Waals surface area (Å²) in [5.41, 5.74) is -0.879. The molecule has 0 aliphatic carbocycles. The van der Waals surface area contributed by atoms with Crippen molar-refractivity contribution in [3.05, 3.63) is 66.3 Å². The summed E-state index contributed by atoms with van der Waals surface area (Å²) in [5, 5.41) is 22.6. The molecule has 0 saturated heterocycles. The van der Waals surface area contributed by atoms with Crippen LogP contribution in [0.2, 0.25) is 0 Å². The fourth-order valence-electron chi connectivity index (χ4n) is 1.99. The van der Waals surface area contributed by atoms with Crippen LogP contribution in [-0.2, 0) is 20.5 Å². The highest BCUT2D eigenvalue weighted by Crippen LogP contribution is 2.16. The van der Waals surface area contributed by atoms with Gasteiger partial charge in [-0.25, -0.2) is 4.79 Å². The van der Waals surface area contributed by atoms with Gasteiger partial charge in [-0.2, -0.15) is 0 Å². The largest absolute Gasteiger partial charge is 0.860 e. The second-order valence-electron chi connectivity index (χ2n) is 4.59. The normalized spacial score (nSPS) is 10.6. The number of nitro groups is 1. The third kappa shape index (κ3) is 2.55. The first kappa shape index (κ1) is 14.5. The highest BCUT2D eigenvalue weighted by atomic mass is 16.6. The van der Waals surface area contributed by atoms with Gasteiger partial charge in [0, 0.05) is 38.2 Å². The van der Waals surface area contributed by atoms with Crippen molar-refractivity contribution in [3.8, 4) is 5.88 Å². The Morgan fingerprint density at radius 3 is 2.19 bits per heavy atom. The molecule has 110 valence electrons. The minimum absolute atomic E-state index is 0.0115. The van der Waals surface area contributed by atoms with Gasteiger partial charge in [0.15, 0.2) is 0 Å². The maximum Gasteiger partial charge on any atom is 0.329 e. The molecule has 0 saturated carbocycles. The van der Waals surface area contributed by atoms with Crippen LogP contribution in [-0.4, -0.2) is 14.1 Å². The Balaban J connectivity index is 2.47. The van der Waals surface area contributed by atoms with E-state index in [2.05, 4.69) is 0 Å². The molecule has 1 aromatic carbocycles. The topological polar surface area (TPSA) is 110 Å². The van der Waals surface area contributed by atoms with Crippen LogP contribution in [0.25, 0.3) is 0 Å². The molecule has 0 aliphatic heterocycles. The van der Waals surface area contributed by atoms with Gasteiger partial charge in [-0.15, -0.1) is 0 Å². The number of nitro benzene ring substituents is 1. The van der Waals surface area contributed by atoms with Crippen molar-refractivity contribution in [2.24, 2.45) is 14.1 Å². The molecular formula is C13H12N3O5-. The van der Waals surface area contributed by atoms with Gasteiger partial charge < -0.3 is 9.67 Å². The molecular weight excluding hydrogens is 278 g/mol. The van der Waals surface area contributed by atoms with Gasteiger partial charge in [0.25, 0.3) is 11.2 Å². The monoisotopic (exact) mass is 290 g/mol. The number of nitrogens with zero attached hydrogens (tertiary/aromatic N) is 3. The van der Waals surface area contributed by atoms with Gasteiger partial charge in [-0.05, 0) is 11.4 Å². The van der Waals surface area contributed by atoms with Crippen molar-refractivity contribution >= 4 is 5.69 Å². The third-order valence-electron chi connectivity index (χ3n) is 3.23. The summed E-state index contributed by atoms with van der Waals surface area (Å²) in [7, 11) is 2.59. The number of hydrogen-bond acceptors (Lipinski definition) is 5. The van der Waals surface area contributed by atoms with Crippen LogP contribution in [0.5, 0.6) is 5.88 Å². The molecule has 8 heteroatoms. The second kappa shape index (κ2) is 5.23. The molecule has 0 aliphatic rings. The van der Waals surface area contributed by atoms with E-state index in [1.54, 1.807) is 0 Å². The zero-order valence-corrected chi connectivity index (χ0v) is 11.4. The lowest BCUT2D eigenvalue weighted by Crippen LogP contribution is -2.40. The molecule has 8 nitrogen and oxygen atoms in total. The van der Waals surface area contributed by atoms with Crippen molar-refractivity contribution < 1.29 is 10.0 Å². The fourth-order valence-corrected chi connectivity index (χ4v) is 1.99. The van der Waals surface area contributed by atoms with Crippen LogP contribution < -0.4 is 16.4 Å². The van der Waals surface area contributed by atoms with E-state index in [-0.39, 0.29) is 17.7 Å². The Morgan fingerprint density at radius 2 is 1.67 bits per heavy atom. The van der Waals surface area contributed by atoms with Gasteiger partial charge in [-0.1, -0.05) is 12.1 Å². The number of rotatable bonds is 3. The molecule has 2 aromatic rings. The van der Waals surface area contributed by atoms with E-state index in [0.717, 1.165) is 9.13 Å². The number of non-ortho nitro benzene ring substituents is 1. The molecule has 1 aromatic heterocycles. The van der Waals surface area contributed by atoms with E-state index in [9.17, 15) is 24.8 Å². The summed E-state index contributed by atoms with van der Waals surface area (Å²) >= 11 is 0. The van der Waals surface area contributed by atoms with Crippen molar-refractivity contribution in [1.29, 1.82) is 0 Å². The van der Waals surface area contributed by atoms with E-state index in [4.69, 9.17) is 0 Å². The summed E-state index contributed by atoms with van der Waals surface area (Å²) in [4.78, 5) is 33.6. The zero-order chi connectivity index (χ0) is 15.7. The Kier molecular flexibility index (Phi) is 3.62. The number of aromatic nitrogens is 2. The van der Waals surface area contributed by atoms with Crippen molar-refractivity contribution in [2.75, 3.05) is 0 Å². The summed E-state index contributed by atoms with van der Waals surface area (Å²) < 4.78 is 1.73. The maximum absolute atomic E-state index is 12.0. The van der Waals surface area contributed by atoms with Gasteiger partial charge in [-0.3, -0.25) is 19.5 Å². The standard InChI is InChI=1S/C13H13N3O5/c1-14-11(17)10(12(18)15(2)13(14)19)7-8-3-5-9(6-4-8)16(20)21/h3-6,17H,7H2,1-2H3/p-1. The van der Waals surface area contributed by atoms with Crippen molar-refractivity contribution in [1.82, 2.24) is 9.13 Å². The Hall–Kier alpha value is -2.90. The second-order valence-corrected chi connectivity index (χ2v) is 4.59. The summed E-state index contributed by atoms with van der Waals surface area (Å²) in [6.45, 7) is 0. The van der Waals surface area contributed by atoms with E-state index < -0.39 is 22.1 Å². The van der Waals surface area contributed by atoms with E-state index in [0.29, 0.717) is 5.56 Å². The third-order valence-corrected chi connectivity index (χ3v) is 3.23. The molecule has 1 heterocycles. The summed E-state index contributed by atoms with van der Waals surface area (Å²) in [6, 6.07) is 5.54. The van der Waals surface area contributed by atoms with Gasteiger partial charge in [0.1, 0.15) is 0 Å². The van der Waals surface area contributed by atoms with Crippen LogP contribution in [0, 0.1) is 10.1 Å². The van der Waals surface area contributed by atoms with E-state index in [1.807, 2.05) is 0 Å². The first-order valence-electron chi connectivity index (χ1n) is 6.02. The van der Waals surface area contributed by atoms with Crippen LogP contribution >= 0.6 is 0 Å². The molecule has 0 bridgehead atoms. The molecule has 0 amide bonds. The lowest BCUT2D eigenvalue weighted by Gasteiger charge is -2.18. The fraction of sp³-hybridized carbons (Fsp3) is 0.231. The molecule has 0 spiro atoms. The van der Waals surface area contributed by atoms with Crippen molar-refractivity contribution in [3.63, 3.8) is 0 Å². The predicted octanol–water partition coefficient (Wildman–Crippen LogP) is -0.343. The van der Waals surface area contributed by atoms with Gasteiger partial charge in [0.2, 0.25) is 0 Å². The van der Waals surface area contributed by atoms with Crippen LogP contribution in [0.1, 0.15) is 11.1 Å². The number of benzene rings is 1. The van der Waals surface area contributed by atoms with Gasteiger partial charge in [0.05, 0.1) is 4.92 Å². The average Bonchev–Trinajstić information content (AvgIpc) is 2.48. The highest BCUT2D eigenvalue weighted by molar-refractivity contribution is 5.36. The van der Waals surface area contributed by atoms with Crippen LogP contribution in [0.3, 0.4) is 0 Å². The predicted molar refractivity (Wildman–Crippen MR) is 72.3 cm³/mol. The lowest BCUT2D eigenvalue weighted by atomic mass is 10.1. The Labute approximate surface area is 118 Å². The minimum atomic E-state index is -0.683. The summed E-state index contributed by atoms with van der Waals surface area (Å²) in [6.07, 6.45) is 0.0115. The van der Waals surface area contributed by atoms with Crippen LogP contribution in [0.15, 0.2) is 33.9 Å². The smallest absolute Gasteiger partial charge is 0.329 e. The van der Waals surface area contributed by atoms with Gasteiger partial charge >= 0.3 is 5.69 Å². The number of hydrogen-bond donors (Lipinski definition) is 0. The van der Waals surface area contributed by atoms with E-state index >= 15 is 0 Å². The SMILES string of the molecule is Cn1c([O-])c(Cc2ccc([N+](=O)[O-])cc2)c(=O)n(C)c1=O. The lowest BCUT2D eigenvalue weighted by molar-refractivity contribution is -0.384. The molecule has 0 N–H and O–H groups in total. The minimum Gasteiger partial charge on any atom is -0.860 e. The maximum atomic E-state index is 12.0. The van der Waals surface area contributed by atoms with E-state index in [1.165, 1.54) is 38.4 Å². The molecule has 0 atom stereocenters. The van der Waals surface area contributed by atoms with Crippen LogP contribution in [0.4, 0.5) is 5.69 Å². The molecule has 21 heavy (non-hydrogen) atoms. The Morgan fingerprint density at radius 1 is 1.10 bits per heavy atom. The first-order chi connectivity index (χ1) is 9.82. The zero-order valence-electron chi connectivity index (χ0n) is 11.4. The molecule has 0 fully saturated rings. The highest BCUT2D eigenvalue weighted by Gasteiger charge is 2.11.